The summed E-state index contributed by atoms with van der Waals surface area (Å²) in [7, 11) is 0. The van der Waals surface area contributed by atoms with Gasteiger partial charge in [0.05, 0.1) is 13.2 Å². The summed E-state index contributed by atoms with van der Waals surface area (Å²) < 4.78 is 10.9. The molecule has 0 radical (unpaired) electrons. The lowest BCUT2D eigenvalue weighted by Gasteiger charge is -2.35. The molecule has 1 rings (SSSR count). The summed E-state index contributed by atoms with van der Waals surface area (Å²) in [5.74, 6) is 0. The minimum absolute atomic E-state index is 0.0449. The first-order valence-electron chi connectivity index (χ1n) is 13.0. The average molecular weight is 443 g/mol. The van der Waals surface area contributed by atoms with Crippen LogP contribution in [0.25, 0.3) is 0 Å². The summed E-state index contributed by atoms with van der Waals surface area (Å²) in [6, 6.07) is 0. The summed E-state index contributed by atoms with van der Waals surface area (Å²) in [5.41, 5.74) is 0. The van der Waals surface area contributed by atoms with Gasteiger partial charge in [-0.25, -0.2) is 0 Å². The first-order valence-corrected chi connectivity index (χ1v) is 13.0. The Morgan fingerprint density at radius 3 is 1.81 bits per heavy atom. The van der Waals surface area contributed by atoms with Gasteiger partial charge in [0.2, 0.25) is 0 Å². The Bertz CT molecular complexity index is 415. The van der Waals surface area contributed by atoms with Gasteiger partial charge in [-0.05, 0) is 25.7 Å². The molecule has 5 nitrogen and oxygen atoms in total. The Morgan fingerprint density at radius 1 is 0.710 bits per heavy atom. The van der Waals surface area contributed by atoms with Crippen LogP contribution < -0.4 is 0 Å². The summed E-state index contributed by atoms with van der Waals surface area (Å²) in [6.45, 7) is 3.19. The fourth-order valence-corrected chi connectivity index (χ4v) is 4.03. The Balaban J connectivity index is 1.75. The predicted molar refractivity (Wildman–Crippen MR) is 127 cm³/mol. The second-order valence-electron chi connectivity index (χ2n) is 9.14. The number of aliphatic hydroxyl groups is 3. The fourth-order valence-electron chi connectivity index (χ4n) is 4.03. The summed E-state index contributed by atoms with van der Waals surface area (Å²) in [5, 5.41) is 28.9. The predicted octanol–water partition coefficient (Wildman–Crippen LogP) is 5.30. The quantitative estimate of drug-likeness (QED) is 0.176. The Labute approximate surface area is 191 Å². The van der Waals surface area contributed by atoms with Gasteiger partial charge in [0.25, 0.3) is 0 Å². The van der Waals surface area contributed by atoms with Crippen LogP contribution in [0.5, 0.6) is 0 Å². The molecule has 0 bridgehead atoms. The number of rotatable bonds is 20. The van der Waals surface area contributed by atoms with Crippen molar-refractivity contribution in [2.45, 2.75) is 134 Å². The third kappa shape index (κ3) is 15.1. The van der Waals surface area contributed by atoms with Crippen LogP contribution in [0.15, 0.2) is 12.2 Å². The van der Waals surface area contributed by atoms with E-state index in [9.17, 15) is 15.3 Å². The largest absolute Gasteiger partial charge is 0.388 e. The zero-order valence-electron chi connectivity index (χ0n) is 20.1. The van der Waals surface area contributed by atoms with Gasteiger partial charge in [-0.2, -0.15) is 0 Å². The molecule has 0 spiro atoms. The van der Waals surface area contributed by atoms with Crippen molar-refractivity contribution in [1.29, 1.82) is 0 Å². The molecule has 1 aliphatic heterocycles. The van der Waals surface area contributed by atoms with E-state index in [0.717, 1.165) is 6.42 Å². The lowest BCUT2D eigenvalue weighted by atomic mass is 10.0. The van der Waals surface area contributed by atoms with Gasteiger partial charge >= 0.3 is 0 Å². The number of hydrogen-bond donors (Lipinski definition) is 3. The van der Waals surface area contributed by atoms with Crippen molar-refractivity contribution in [3.8, 4) is 0 Å². The molecule has 0 aromatic heterocycles. The minimum Gasteiger partial charge on any atom is -0.388 e. The zero-order valence-corrected chi connectivity index (χ0v) is 20.1. The second-order valence-corrected chi connectivity index (χ2v) is 9.14. The lowest BCUT2D eigenvalue weighted by Crippen LogP contribution is -2.54. The molecule has 1 fully saturated rings. The molecule has 1 aliphatic rings. The van der Waals surface area contributed by atoms with E-state index in [4.69, 9.17) is 9.47 Å². The molecule has 1 heterocycles. The number of unbranched alkanes of at least 4 members (excludes halogenated alkanes) is 14. The molecule has 0 aromatic rings. The molecule has 0 unspecified atom stereocenters. The molecule has 5 heteroatoms. The van der Waals surface area contributed by atoms with E-state index < -0.39 is 24.4 Å². The number of ether oxygens (including phenoxy) is 2. The monoisotopic (exact) mass is 442 g/mol. The number of hydrogen-bond acceptors (Lipinski definition) is 5. The molecule has 0 amide bonds. The van der Waals surface area contributed by atoms with Crippen LogP contribution in [0.2, 0.25) is 0 Å². The highest BCUT2D eigenvalue weighted by Gasteiger charge is 2.37. The Kier molecular flexibility index (Phi) is 18.6. The summed E-state index contributed by atoms with van der Waals surface area (Å²) in [6.07, 6.45) is 21.8. The average Bonchev–Trinajstić information content (AvgIpc) is 2.77. The van der Waals surface area contributed by atoms with Gasteiger partial charge in [0.15, 0.2) is 0 Å². The van der Waals surface area contributed by atoms with Crippen LogP contribution in [0.4, 0.5) is 0 Å². The SMILES string of the molecule is CCC/C=C/CCCCCCCCCCCCCCCOC[C@H]1OC[C@H](O)[C@@H](O)[C@@H]1O. The van der Waals surface area contributed by atoms with Crippen molar-refractivity contribution < 1.29 is 24.8 Å². The van der Waals surface area contributed by atoms with Gasteiger partial charge in [-0.1, -0.05) is 96.1 Å². The summed E-state index contributed by atoms with van der Waals surface area (Å²) >= 11 is 0. The summed E-state index contributed by atoms with van der Waals surface area (Å²) in [4.78, 5) is 0. The van der Waals surface area contributed by atoms with E-state index in [1.54, 1.807) is 0 Å². The highest BCUT2D eigenvalue weighted by molar-refractivity contribution is 4.86. The Hall–Kier alpha value is -0.460. The van der Waals surface area contributed by atoms with Crippen molar-refractivity contribution in [2.24, 2.45) is 0 Å². The third-order valence-electron chi connectivity index (χ3n) is 6.17. The third-order valence-corrected chi connectivity index (χ3v) is 6.17. The van der Waals surface area contributed by atoms with Gasteiger partial charge in [-0.3, -0.25) is 0 Å². The molecule has 4 atom stereocenters. The van der Waals surface area contributed by atoms with Gasteiger partial charge in [-0.15, -0.1) is 0 Å². The highest BCUT2D eigenvalue weighted by atomic mass is 16.6. The zero-order chi connectivity index (χ0) is 22.6. The van der Waals surface area contributed by atoms with Crippen LogP contribution in [0.1, 0.15) is 110 Å². The van der Waals surface area contributed by atoms with E-state index >= 15 is 0 Å². The molecule has 31 heavy (non-hydrogen) atoms. The minimum atomic E-state index is -1.15. The topological polar surface area (TPSA) is 79.2 Å². The van der Waals surface area contributed by atoms with Crippen LogP contribution >= 0.6 is 0 Å². The molecule has 0 aromatic carbocycles. The lowest BCUT2D eigenvalue weighted by molar-refractivity contribution is -0.199. The van der Waals surface area contributed by atoms with Crippen LogP contribution in [0.3, 0.4) is 0 Å². The highest BCUT2D eigenvalue weighted by Crippen LogP contribution is 2.16. The fraction of sp³-hybridized carbons (Fsp3) is 0.923. The van der Waals surface area contributed by atoms with E-state index in [0.29, 0.717) is 6.61 Å². The molecule has 1 saturated heterocycles. The first-order chi connectivity index (χ1) is 15.2. The van der Waals surface area contributed by atoms with Crippen LogP contribution in [-0.4, -0.2) is 59.6 Å². The maximum absolute atomic E-state index is 9.85. The van der Waals surface area contributed by atoms with Crippen molar-refractivity contribution in [3.63, 3.8) is 0 Å². The molecular weight excluding hydrogens is 392 g/mol. The standard InChI is InChI=1S/C26H50O5/c1-2-3-4-5-6-7-8-9-10-11-12-13-14-15-16-17-18-19-20-30-22-24-26(29)25(28)23(27)21-31-24/h4-5,23-29H,2-3,6-22H2,1H3/b5-4+/t23-,24+,25+,26+/m0/s1. The smallest absolute Gasteiger partial charge is 0.111 e. The number of allylic oxidation sites excluding steroid dienone is 2. The second kappa shape index (κ2) is 20.2. The van der Waals surface area contributed by atoms with E-state index in [1.807, 2.05) is 0 Å². The van der Waals surface area contributed by atoms with E-state index in [2.05, 4.69) is 19.1 Å². The van der Waals surface area contributed by atoms with Crippen molar-refractivity contribution in [1.82, 2.24) is 0 Å². The number of aliphatic hydroxyl groups excluding tert-OH is 3. The maximum Gasteiger partial charge on any atom is 0.111 e. The van der Waals surface area contributed by atoms with E-state index in [-0.39, 0.29) is 13.2 Å². The molecular formula is C26H50O5. The van der Waals surface area contributed by atoms with Crippen LogP contribution in [0, 0.1) is 0 Å². The Morgan fingerprint density at radius 2 is 1.23 bits per heavy atom. The van der Waals surface area contributed by atoms with Gasteiger partial charge < -0.3 is 24.8 Å². The normalized spacial score (nSPS) is 24.3. The molecule has 184 valence electrons. The van der Waals surface area contributed by atoms with Crippen molar-refractivity contribution >= 4 is 0 Å². The van der Waals surface area contributed by atoms with E-state index in [1.165, 1.54) is 96.3 Å². The molecule has 0 saturated carbocycles. The van der Waals surface area contributed by atoms with Crippen LogP contribution in [-0.2, 0) is 9.47 Å². The molecule has 3 N–H and O–H groups in total. The maximum atomic E-state index is 9.85. The van der Waals surface area contributed by atoms with Crippen molar-refractivity contribution in [3.05, 3.63) is 12.2 Å². The van der Waals surface area contributed by atoms with Gasteiger partial charge in [0, 0.05) is 6.61 Å². The van der Waals surface area contributed by atoms with Gasteiger partial charge in [0.1, 0.15) is 24.4 Å². The molecule has 0 aliphatic carbocycles. The van der Waals surface area contributed by atoms with Crippen molar-refractivity contribution in [2.75, 3.05) is 19.8 Å². The first kappa shape index (κ1) is 28.6.